The van der Waals surface area contributed by atoms with Gasteiger partial charge in [0.05, 0.1) is 17.8 Å². The van der Waals surface area contributed by atoms with Crippen molar-refractivity contribution in [1.82, 2.24) is 4.90 Å². The van der Waals surface area contributed by atoms with Crippen LogP contribution in [0.2, 0.25) is 0 Å². The Bertz CT molecular complexity index is 525. The molecule has 0 atom stereocenters. The number of halogens is 1. The van der Waals surface area contributed by atoms with Gasteiger partial charge in [-0.25, -0.2) is 14.0 Å². The number of benzene rings is 1. The molecule has 2 amide bonds. The summed E-state index contributed by atoms with van der Waals surface area (Å²) in [5, 5.41) is 8.96. The molecule has 1 aromatic rings. The fourth-order valence-electron chi connectivity index (χ4n) is 1.67. The van der Waals surface area contributed by atoms with Crippen LogP contribution in [0.5, 0.6) is 0 Å². The number of anilines is 1. The average molecular weight is 250 g/mol. The number of aliphatic carboxylic acids is 1. The first kappa shape index (κ1) is 12.1. The van der Waals surface area contributed by atoms with E-state index in [0.717, 1.165) is 0 Å². The van der Waals surface area contributed by atoms with Crippen LogP contribution in [0.1, 0.15) is 0 Å². The number of carboxylic acids is 1. The summed E-state index contributed by atoms with van der Waals surface area (Å²) in [6.45, 7) is 0.0475. The van der Waals surface area contributed by atoms with Crippen LogP contribution in [0, 0.1) is 5.82 Å². The molecule has 1 heterocycles. The second kappa shape index (κ2) is 4.48. The van der Waals surface area contributed by atoms with Gasteiger partial charge in [0.2, 0.25) is 0 Å². The first-order valence-corrected chi connectivity index (χ1v) is 5.23. The predicted octanol–water partition coefficient (Wildman–Crippen LogP) is 1.67. The number of likely N-dealkylation sites (N-methyl/N-ethyl adjacent to an activating group) is 1. The quantitative estimate of drug-likeness (QED) is 0.868. The summed E-state index contributed by atoms with van der Waals surface area (Å²) >= 11 is 0. The van der Waals surface area contributed by atoms with Gasteiger partial charge in [-0.15, -0.1) is 0 Å². The van der Waals surface area contributed by atoms with E-state index < -0.39 is 11.8 Å². The molecule has 6 heteroatoms. The zero-order valence-electron chi connectivity index (χ0n) is 9.63. The largest absolute Gasteiger partial charge is 0.478 e. The van der Waals surface area contributed by atoms with E-state index in [1.165, 1.54) is 47.3 Å². The molecule has 1 N–H and O–H groups in total. The van der Waals surface area contributed by atoms with Crippen molar-refractivity contribution in [3.8, 4) is 0 Å². The van der Waals surface area contributed by atoms with E-state index in [2.05, 4.69) is 0 Å². The Balaban J connectivity index is 2.40. The van der Waals surface area contributed by atoms with Crippen molar-refractivity contribution in [2.45, 2.75) is 0 Å². The highest BCUT2D eigenvalue weighted by molar-refractivity contribution is 5.99. The molecule has 0 radical (unpaired) electrons. The van der Waals surface area contributed by atoms with Gasteiger partial charge >= 0.3 is 12.0 Å². The van der Waals surface area contributed by atoms with E-state index in [-0.39, 0.29) is 18.1 Å². The number of urea groups is 1. The summed E-state index contributed by atoms with van der Waals surface area (Å²) in [5.74, 6) is -1.50. The number of hydrogen-bond donors (Lipinski definition) is 1. The Labute approximate surface area is 103 Å². The van der Waals surface area contributed by atoms with Gasteiger partial charge in [0.1, 0.15) is 5.82 Å². The lowest BCUT2D eigenvalue weighted by atomic mass is 10.2. The Kier molecular flexibility index (Phi) is 3.01. The summed E-state index contributed by atoms with van der Waals surface area (Å²) in [4.78, 5) is 25.3. The van der Waals surface area contributed by atoms with Gasteiger partial charge in [0, 0.05) is 13.2 Å². The Morgan fingerprint density at radius 1 is 1.33 bits per heavy atom. The molecule has 94 valence electrons. The zero-order chi connectivity index (χ0) is 13.3. The van der Waals surface area contributed by atoms with Crippen molar-refractivity contribution in [2.75, 3.05) is 18.5 Å². The molecule has 0 spiro atoms. The topological polar surface area (TPSA) is 60.9 Å². The lowest BCUT2D eigenvalue weighted by Gasteiger charge is -2.30. The van der Waals surface area contributed by atoms with Gasteiger partial charge in [0.15, 0.2) is 0 Å². The molecule has 5 nitrogen and oxygen atoms in total. The smallest absolute Gasteiger partial charge is 0.334 e. The van der Waals surface area contributed by atoms with E-state index in [1.54, 1.807) is 0 Å². The highest BCUT2D eigenvalue weighted by atomic mass is 19.1. The average Bonchev–Trinajstić information content (AvgIpc) is 2.33. The lowest BCUT2D eigenvalue weighted by molar-refractivity contribution is -0.132. The van der Waals surface area contributed by atoms with Crippen LogP contribution in [0.3, 0.4) is 0 Å². The van der Waals surface area contributed by atoms with Gasteiger partial charge in [-0.3, -0.25) is 4.90 Å². The lowest BCUT2D eigenvalue weighted by Crippen LogP contribution is -2.44. The van der Waals surface area contributed by atoms with Gasteiger partial charge in [0.25, 0.3) is 0 Å². The number of rotatable bonds is 2. The van der Waals surface area contributed by atoms with Crippen molar-refractivity contribution in [1.29, 1.82) is 0 Å². The van der Waals surface area contributed by atoms with Crippen LogP contribution in [-0.2, 0) is 4.79 Å². The highest BCUT2D eigenvalue weighted by Gasteiger charge is 2.27. The summed E-state index contributed by atoms with van der Waals surface area (Å²) in [6.07, 6.45) is 1.26. The number of nitrogens with zero attached hydrogens (tertiary/aromatic N) is 2. The number of hydrogen-bond acceptors (Lipinski definition) is 2. The molecule has 0 aromatic heterocycles. The van der Waals surface area contributed by atoms with Gasteiger partial charge in [-0.1, -0.05) is 0 Å². The third kappa shape index (κ3) is 2.17. The third-order valence-electron chi connectivity index (χ3n) is 2.60. The highest BCUT2D eigenvalue weighted by Crippen LogP contribution is 2.21. The van der Waals surface area contributed by atoms with E-state index >= 15 is 0 Å². The second-order valence-electron chi connectivity index (χ2n) is 3.94. The first-order valence-electron chi connectivity index (χ1n) is 5.23. The summed E-state index contributed by atoms with van der Waals surface area (Å²) in [5.41, 5.74) is 0.521. The van der Waals surface area contributed by atoms with E-state index in [9.17, 15) is 14.0 Å². The van der Waals surface area contributed by atoms with Crippen LogP contribution in [0.25, 0.3) is 0 Å². The van der Waals surface area contributed by atoms with Gasteiger partial charge < -0.3 is 10.0 Å². The van der Waals surface area contributed by atoms with Crippen LogP contribution < -0.4 is 4.90 Å². The molecule has 0 saturated carbocycles. The van der Waals surface area contributed by atoms with E-state index in [1.807, 2.05) is 0 Å². The minimum absolute atomic E-state index is 0.0475. The summed E-state index contributed by atoms with van der Waals surface area (Å²) in [7, 11) is 1.51. The fraction of sp³-hybridized carbons (Fsp3) is 0.167. The van der Waals surface area contributed by atoms with Gasteiger partial charge in [-0.05, 0) is 24.3 Å². The molecule has 1 aromatic carbocycles. The maximum atomic E-state index is 12.8. The molecule has 0 fully saturated rings. The van der Waals surface area contributed by atoms with Crippen LogP contribution >= 0.6 is 0 Å². The Hall–Kier alpha value is -2.37. The summed E-state index contributed by atoms with van der Waals surface area (Å²) in [6, 6.07) is 4.91. The molecule has 1 aliphatic rings. The van der Waals surface area contributed by atoms with Crippen molar-refractivity contribution in [3.05, 3.63) is 41.9 Å². The summed E-state index contributed by atoms with van der Waals surface area (Å²) < 4.78 is 12.8. The zero-order valence-corrected chi connectivity index (χ0v) is 9.63. The van der Waals surface area contributed by atoms with Crippen LogP contribution in [-0.4, -0.2) is 35.6 Å². The first-order chi connectivity index (χ1) is 8.49. The molecule has 0 saturated heterocycles. The Morgan fingerprint density at radius 3 is 2.50 bits per heavy atom. The van der Waals surface area contributed by atoms with Crippen molar-refractivity contribution >= 4 is 17.7 Å². The minimum Gasteiger partial charge on any atom is -0.478 e. The number of carbonyl (C=O) groups excluding carboxylic acids is 1. The van der Waals surface area contributed by atoms with Crippen LogP contribution in [0.4, 0.5) is 14.9 Å². The SMILES string of the molecule is CN1CC(C(=O)O)=CN(c2ccc(F)cc2)C1=O. The monoisotopic (exact) mass is 250 g/mol. The number of amides is 2. The number of carbonyl (C=O) groups is 2. The van der Waals surface area contributed by atoms with E-state index in [4.69, 9.17) is 5.11 Å². The van der Waals surface area contributed by atoms with E-state index in [0.29, 0.717) is 5.69 Å². The van der Waals surface area contributed by atoms with Crippen molar-refractivity contribution < 1.29 is 19.1 Å². The normalized spacial score (nSPS) is 15.7. The third-order valence-corrected chi connectivity index (χ3v) is 2.60. The predicted molar refractivity (Wildman–Crippen MR) is 62.6 cm³/mol. The standard InChI is InChI=1S/C12H11FN2O3/c1-14-6-8(11(16)17)7-15(12(14)18)10-4-2-9(13)3-5-10/h2-5,7H,6H2,1H3,(H,16,17). The molecule has 0 bridgehead atoms. The molecule has 18 heavy (non-hydrogen) atoms. The molecule has 0 unspecified atom stereocenters. The van der Waals surface area contributed by atoms with Crippen LogP contribution in [0.15, 0.2) is 36.0 Å². The van der Waals surface area contributed by atoms with Crippen molar-refractivity contribution in [3.63, 3.8) is 0 Å². The van der Waals surface area contributed by atoms with Gasteiger partial charge in [-0.2, -0.15) is 0 Å². The molecular formula is C12H11FN2O3. The fourth-order valence-corrected chi connectivity index (χ4v) is 1.67. The molecular weight excluding hydrogens is 239 g/mol. The molecule has 1 aliphatic heterocycles. The number of carboxylic acid groups (broad SMARTS) is 1. The second-order valence-corrected chi connectivity index (χ2v) is 3.94. The maximum Gasteiger partial charge on any atom is 0.334 e. The molecule has 0 aliphatic carbocycles. The Morgan fingerprint density at radius 2 is 1.94 bits per heavy atom. The minimum atomic E-state index is -1.08. The maximum absolute atomic E-state index is 12.8. The molecule has 2 rings (SSSR count). The van der Waals surface area contributed by atoms with Crippen molar-refractivity contribution in [2.24, 2.45) is 0 Å².